The fraction of sp³-hybridized carbons (Fsp3) is 0.200. The molecule has 1 aromatic carbocycles. The largest absolute Gasteiger partial charge is 0.324 e. The monoisotopic (exact) mass is 243 g/mol. The molecule has 1 aromatic rings. The Morgan fingerprint density at radius 2 is 2.31 bits per heavy atom. The Kier molecular flexibility index (Phi) is 3.63. The van der Waals surface area contributed by atoms with Crippen LogP contribution in [0.5, 0.6) is 0 Å². The van der Waals surface area contributed by atoms with Crippen molar-refractivity contribution < 1.29 is 4.39 Å². The molecule has 0 spiro atoms. The van der Waals surface area contributed by atoms with Crippen molar-refractivity contribution in [3.8, 4) is 0 Å². The second-order valence-electron chi connectivity index (χ2n) is 2.77. The number of hydrogen-bond acceptors (Lipinski definition) is 1. The lowest BCUT2D eigenvalue weighted by atomic mass is 10.0. The molecule has 1 unspecified atom stereocenters. The van der Waals surface area contributed by atoms with Crippen molar-refractivity contribution >= 4 is 15.9 Å². The van der Waals surface area contributed by atoms with Gasteiger partial charge in [-0.05, 0) is 18.6 Å². The van der Waals surface area contributed by atoms with Crippen molar-refractivity contribution in [3.05, 3.63) is 46.7 Å². The van der Waals surface area contributed by atoms with Crippen molar-refractivity contribution in [1.82, 2.24) is 0 Å². The van der Waals surface area contributed by atoms with Crippen LogP contribution < -0.4 is 5.73 Å². The maximum absolute atomic E-state index is 13.3. The third kappa shape index (κ3) is 2.39. The van der Waals surface area contributed by atoms with Crippen LogP contribution in [0.2, 0.25) is 0 Å². The first-order chi connectivity index (χ1) is 6.16. The SMILES string of the molecule is C=CCC(N)c1c(F)cccc1Br. The van der Waals surface area contributed by atoms with Crippen LogP contribution in [0, 0.1) is 5.82 Å². The second kappa shape index (κ2) is 4.53. The summed E-state index contributed by atoms with van der Waals surface area (Å²) >= 11 is 3.26. The maximum Gasteiger partial charge on any atom is 0.129 e. The first kappa shape index (κ1) is 10.4. The van der Waals surface area contributed by atoms with Crippen molar-refractivity contribution in [1.29, 1.82) is 0 Å². The number of hydrogen-bond donors (Lipinski definition) is 1. The van der Waals surface area contributed by atoms with Gasteiger partial charge in [0.05, 0.1) is 0 Å². The molecule has 3 heteroatoms. The maximum atomic E-state index is 13.3. The van der Waals surface area contributed by atoms with E-state index in [4.69, 9.17) is 5.73 Å². The Hall–Kier alpha value is -0.670. The lowest BCUT2D eigenvalue weighted by Crippen LogP contribution is -2.11. The van der Waals surface area contributed by atoms with E-state index in [0.717, 1.165) is 0 Å². The van der Waals surface area contributed by atoms with Crippen molar-refractivity contribution in [2.45, 2.75) is 12.5 Å². The molecule has 2 N–H and O–H groups in total. The van der Waals surface area contributed by atoms with E-state index in [0.29, 0.717) is 16.5 Å². The molecule has 1 atom stereocenters. The van der Waals surface area contributed by atoms with Crippen LogP contribution in [0.1, 0.15) is 18.0 Å². The molecular weight excluding hydrogens is 233 g/mol. The summed E-state index contributed by atoms with van der Waals surface area (Å²) in [5, 5.41) is 0. The van der Waals surface area contributed by atoms with E-state index in [1.807, 2.05) is 0 Å². The van der Waals surface area contributed by atoms with Crippen molar-refractivity contribution in [2.75, 3.05) is 0 Å². The third-order valence-corrected chi connectivity index (χ3v) is 2.48. The molecule has 0 saturated heterocycles. The van der Waals surface area contributed by atoms with E-state index in [-0.39, 0.29) is 11.9 Å². The molecule has 0 amide bonds. The molecule has 13 heavy (non-hydrogen) atoms. The lowest BCUT2D eigenvalue weighted by Gasteiger charge is -2.12. The number of halogens is 2. The summed E-state index contributed by atoms with van der Waals surface area (Å²) in [5.74, 6) is -0.274. The van der Waals surface area contributed by atoms with E-state index in [2.05, 4.69) is 22.5 Å². The van der Waals surface area contributed by atoms with E-state index >= 15 is 0 Å². The summed E-state index contributed by atoms with van der Waals surface area (Å²) in [4.78, 5) is 0. The molecule has 70 valence electrons. The Morgan fingerprint density at radius 1 is 1.62 bits per heavy atom. The first-order valence-electron chi connectivity index (χ1n) is 3.97. The van der Waals surface area contributed by atoms with Crippen LogP contribution in [-0.4, -0.2) is 0 Å². The van der Waals surface area contributed by atoms with Gasteiger partial charge in [-0.2, -0.15) is 0 Å². The van der Waals surface area contributed by atoms with E-state index in [1.54, 1.807) is 18.2 Å². The molecule has 1 nitrogen and oxygen atoms in total. The number of benzene rings is 1. The molecule has 0 aromatic heterocycles. The quantitative estimate of drug-likeness (QED) is 0.812. The lowest BCUT2D eigenvalue weighted by molar-refractivity contribution is 0.581. The predicted octanol–water partition coefficient (Wildman–Crippen LogP) is 3.16. The minimum absolute atomic E-state index is 0.274. The van der Waals surface area contributed by atoms with Gasteiger partial charge in [0.25, 0.3) is 0 Å². The van der Waals surface area contributed by atoms with Crippen LogP contribution in [0.25, 0.3) is 0 Å². The van der Waals surface area contributed by atoms with Gasteiger partial charge in [-0.1, -0.05) is 28.1 Å². The van der Waals surface area contributed by atoms with Gasteiger partial charge >= 0.3 is 0 Å². The van der Waals surface area contributed by atoms with Gasteiger partial charge in [-0.25, -0.2) is 4.39 Å². The van der Waals surface area contributed by atoms with Crippen molar-refractivity contribution in [2.24, 2.45) is 5.73 Å². The van der Waals surface area contributed by atoms with Gasteiger partial charge in [0.2, 0.25) is 0 Å². The molecule has 0 aliphatic heterocycles. The summed E-state index contributed by atoms with van der Waals surface area (Å²) in [6.07, 6.45) is 2.25. The highest BCUT2D eigenvalue weighted by atomic mass is 79.9. The minimum atomic E-state index is -0.326. The summed E-state index contributed by atoms with van der Waals surface area (Å²) in [6, 6.07) is 4.50. The Bertz CT molecular complexity index is 292. The molecule has 1 rings (SSSR count). The molecule has 0 heterocycles. The number of nitrogens with two attached hydrogens (primary N) is 1. The molecule has 0 aliphatic carbocycles. The van der Waals surface area contributed by atoms with Crippen LogP contribution in [0.4, 0.5) is 4.39 Å². The van der Waals surface area contributed by atoms with Gasteiger partial charge in [-0.15, -0.1) is 6.58 Å². The Labute approximate surface area is 85.6 Å². The van der Waals surface area contributed by atoms with Gasteiger partial charge in [-0.3, -0.25) is 0 Å². The topological polar surface area (TPSA) is 26.0 Å². The highest BCUT2D eigenvalue weighted by Crippen LogP contribution is 2.26. The average molecular weight is 244 g/mol. The highest BCUT2D eigenvalue weighted by molar-refractivity contribution is 9.10. The second-order valence-corrected chi connectivity index (χ2v) is 3.62. The van der Waals surface area contributed by atoms with Crippen molar-refractivity contribution in [3.63, 3.8) is 0 Å². The summed E-state index contributed by atoms with van der Waals surface area (Å²) < 4.78 is 14.0. The van der Waals surface area contributed by atoms with Crippen LogP contribution in [0.15, 0.2) is 35.3 Å². The van der Waals surface area contributed by atoms with Gasteiger partial charge in [0.1, 0.15) is 5.82 Å². The zero-order chi connectivity index (χ0) is 9.84. The smallest absolute Gasteiger partial charge is 0.129 e. The zero-order valence-corrected chi connectivity index (χ0v) is 8.72. The standard InChI is InChI=1S/C10H11BrFN/c1-2-4-9(13)10-7(11)5-3-6-8(10)12/h2-3,5-6,9H,1,4,13H2. The molecule has 0 bridgehead atoms. The van der Waals surface area contributed by atoms with E-state index < -0.39 is 0 Å². The van der Waals surface area contributed by atoms with Gasteiger partial charge < -0.3 is 5.73 Å². The molecule has 0 aliphatic rings. The minimum Gasteiger partial charge on any atom is -0.324 e. The van der Waals surface area contributed by atoms with Crippen LogP contribution in [-0.2, 0) is 0 Å². The molecule has 0 saturated carbocycles. The fourth-order valence-corrected chi connectivity index (χ4v) is 1.80. The normalized spacial score (nSPS) is 12.5. The highest BCUT2D eigenvalue weighted by Gasteiger charge is 2.12. The Balaban J connectivity index is 3.04. The predicted molar refractivity (Wildman–Crippen MR) is 55.8 cm³/mol. The summed E-state index contributed by atoms with van der Waals surface area (Å²) in [6.45, 7) is 3.57. The van der Waals surface area contributed by atoms with Gasteiger partial charge in [0, 0.05) is 16.1 Å². The Morgan fingerprint density at radius 3 is 2.85 bits per heavy atom. The number of rotatable bonds is 3. The molecular formula is C10H11BrFN. The molecule has 0 fully saturated rings. The van der Waals surface area contributed by atoms with E-state index in [1.165, 1.54) is 6.07 Å². The fourth-order valence-electron chi connectivity index (χ4n) is 1.16. The summed E-state index contributed by atoms with van der Waals surface area (Å²) in [7, 11) is 0. The zero-order valence-electron chi connectivity index (χ0n) is 7.13. The first-order valence-corrected chi connectivity index (χ1v) is 4.76. The average Bonchev–Trinajstić information content (AvgIpc) is 2.04. The summed E-state index contributed by atoms with van der Waals surface area (Å²) in [5.41, 5.74) is 6.28. The molecule has 0 radical (unpaired) electrons. The third-order valence-electron chi connectivity index (χ3n) is 1.79. The van der Waals surface area contributed by atoms with Crippen LogP contribution >= 0.6 is 15.9 Å². The van der Waals surface area contributed by atoms with Gasteiger partial charge in [0.15, 0.2) is 0 Å². The van der Waals surface area contributed by atoms with Crippen LogP contribution in [0.3, 0.4) is 0 Å². The van der Waals surface area contributed by atoms with E-state index in [9.17, 15) is 4.39 Å².